The average Bonchev–Trinajstić information content (AvgIpc) is 2.69. The number of benzene rings is 1. The summed E-state index contributed by atoms with van der Waals surface area (Å²) in [4.78, 5) is 0. The molecule has 2 aromatic rings. The Bertz CT molecular complexity index is 609. The Balaban J connectivity index is 2.19. The summed E-state index contributed by atoms with van der Waals surface area (Å²) < 4.78 is 2.99. The summed E-state index contributed by atoms with van der Waals surface area (Å²) in [6.45, 7) is 9.46. The van der Waals surface area contributed by atoms with Crippen LogP contribution in [0.3, 0.4) is 0 Å². The number of aryl methyl sites for hydroxylation is 2. The van der Waals surface area contributed by atoms with Gasteiger partial charge < -0.3 is 5.32 Å². The third-order valence-electron chi connectivity index (χ3n) is 3.21. The van der Waals surface area contributed by atoms with Crippen LogP contribution in [0.1, 0.15) is 37.6 Å². The van der Waals surface area contributed by atoms with E-state index in [0.717, 1.165) is 22.4 Å². The van der Waals surface area contributed by atoms with E-state index >= 15 is 0 Å². The predicted molar refractivity (Wildman–Crippen MR) is 88.1 cm³/mol. The number of aromatic nitrogens is 2. The summed E-state index contributed by atoms with van der Waals surface area (Å²) >= 11 is 3.60. The molecule has 0 radical (unpaired) electrons. The molecule has 0 fully saturated rings. The minimum absolute atomic E-state index is 0.0583. The number of nitrogens with zero attached hydrogens (tertiary/aromatic N) is 2. The maximum atomic E-state index is 4.60. The highest BCUT2D eigenvalue weighted by molar-refractivity contribution is 9.10. The van der Waals surface area contributed by atoms with Gasteiger partial charge in [0.1, 0.15) is 0 Å². The fourth-order valence-electron chi connectivity index (χ4n) is 2.25. The lowest BCUT2D eigenvalue weighted by Crippen LogP contribution is -2.16. The van der Waals surface area contributed by atoms with Gasteiger partial charge in [0, 0.05) is 40.9 Å². The molecule has 0 amide bonds. The van der Waals surface area contributed by atoms with Crippen LogP contribution in [0.25, 0.3) is 0 Å². The molecule has 2 rings (SSSR count). The quantitative estimate of drug-likeness (QED) is 0.900. The van der Waals surface area contributed by atoms with Gasteiger partial charge in [0.2, 0.25) is 0 Å². The lowest BCUT2D eigenvalue weighted by atomic mass is 9.89. The summed E-state index contributed by atoms with van der Waals surface area (Å²) in [7, 11) is 1.97. The Morgan fingerprint density at radius 3 is 2.60 bits per heavy atom. The molecule has 0 aliphatic heterocycles. The van der Waals surface area contributed by atoms with E-state index in [1.165, 1.54) is 11.1 Å². The van der Waals surface area contributed by atoms with Gasteiger partial charge in [-0.2, -0.15) is 5.10 Å². The number of hydrogen-bond acceptors (Lipinski definition) is 2. The lowest BCUT2D eigenvalue weighted by Gasteiger charge is -2.18. The van der Waals surface area contributed by atoms with E-state index in [0.29, 0.717) is 0 Å². The van der Waals surface area contributed by atoms with Crippen molar-refractivity contribution >= 4 is 21.6 Å². The summed E-state index contributed by atoms with van der Waals surface area (Å²) in [6, 6.07) is 6.34. The zero-order valence-corrected chi connectivity index (χ0v) is 14.4. The lowest BCUT2D eigenvalue weighted by molar-refractivity contribution is 0.549. The van der Waals surface area contributed by atoms with Crippen molar-refractivity contribution in [2.45, 2.75) is 39.7 Å². The van der Waals surface area contributed by atoms with Crippen LogP contribution in [-0.4, -0.2) is 9.78 Å². The van der Waals surface area contributed by atoms with Crippen molar-refractivity contribution in [2.24, 2.45) is 7.05 Å². The first kappa shape index (κ1) is 15.1. The molecule has 4 heteroatoms. The summed E-state index contributed by atoms with van der Waals surface area (Å²) in [6.07, 6.45) is 2.09. The molecule has 1 aromatic carbocycles. The Labute approximate surface area is 129 Å². The highest BCUT2D eigenvalue weighted by Gasteiger charge is 2.21. The largest absolute Gasteiger partial charge is 0.380 e. The van der Waals surface area contributed by atoms with Gasteiger partial charge in [0.05, 0.1) is 5.69 Å². The molecule has 1 aromatic heterocycles. The molecule has 0 saturated heterocycles. The van der Waals surface area contributed by atoms with Gasteiger partial charge in [0.15, 0.2) is 0 Å². The Kier molecular flexibility index (Phi) is 4.23. The zero-order valence-electron chi connectivity index (χ0n) is 12.8. The standard InChI is InChI=1S/C16H22BrN3/c1-11-6-7-14(13(17)8-11)18-9-12-10-20(5)19-15(12)16(2,3)4/h6-8,10,18H,9H2,1-5H3. The first-order valence-electron chi connectivity index (χ1n) is 6.80. The van der Waals surface area contributed by atoms with Crippen molar-refractivity contribution < 1.29 is 0 Å². The fraction of sp³-hybridized carbons (Fsp3) is 0.438. The van der Waals surface area contributed by atoms with Crippen LogP contribution in [0.2, 0.25) is 0 Å². The van der Waals surface area contributed by atoms with Gasteiger partial charge in [-0.3, -0.25) is 4.68 Å². The molecule has 1 heterocycles. The molecular weight excluding hydrogens is 314 g/mol. The zero-order chi connectivity index (χ0) is 14.9. The van der Waals surface area contributed by atoms with Crippen LogP contribution in [0.4, 0.5) is 5.69 Å². The SMILES string of the molecule is Cc1ccc(NCc2cn(C)nc2C(C)(C)C)c(Br)c1. The molecule has 20 heavy (non-hydrogen) atoms. The summed E-state index contributed by atoms with van der Waals surface area (Å²) in [5.41, 5.74) is 4.81. The molecule has 0 bridgehead atoms. The second-order valence-electron chi connectivity index (χ2n) is 6.26. The Morgan fingerprint density at radius 2 is 2.00 bits per heavy atom. The van der Waals surface area contributed by atoms with Gasteiger partial charge in [-0.05, 0) is 40.5 Å². The molecule has 0 unspecified atom stereocenters. The minimum Gasteiger partial charge on any atom is -0.380 e. The number of rotatable bonds is 3. The van der Waals surface area contributed by atoms with Gasteiger partial charge >= 0.3 is 0 Å². The number of nitrogens with one attached hydrogen (secondary N) is 1. The van der Waals surface area contributed by atoms with E-state index in [9.17, 15) is 0 Å². The van der Waals surface area contributed by atoms with Gasteiger partial charge in [-0.1, -0.05) is 26.8 Å². The van der Waals surface area contributed by atoms with Gasteiger partial charge in [0.25, 0.3) is 0 Å². The Morgan fingerprint density at radius 1 is 1.30 bits per heavy atom. The maximum Gasteiger partial charge on any atom is 0.0727 e. The molecule has 0 aliphatic rings. The highest BCUT2D eigenvalue weighted by atomic mass is 79.9. The van der Waals surface area contributed by atoms with E-state index in [2.05, 4.69) is 78.4 Å². The van der Waals surface area contributed by atoms with E-state index in [1.807, 2.05) is 11.7 Å². The second kappa shape index (κ2) is 5.60. The summed E-state index contributed by atoms with van der Waals surface area (Å²) in [5, 5.41) is 8.08. The minimum atomic E-state index is 0.0583. The van der Waals surface area contributed by atoms with Crippen molar-refractivity contribution in [3.63, 3.8) is 0 Å². The predicted octanol–water partition coefficient (Wildman–Crippen LogP) is 4.40. The normalized spacial score (nSPS) is 11.7. The molecule has 0 aliphatic carbocycles. The van der Waals surface area contributed by atoms with Crippen LogP contribution >= 0.6 is 15.9 Å². The third-order valence-corrected chi connectivity index (χ3v) is 3.86. The molecular formula is C16H22BrN3. The topological polar surface area (TPSA) is 29.9 Å². The van der Waals surface area contributed by atoms with Crippen LogP contribution in [0.15, 0.2) is 28.9 Å². The van der Waals surface area contributed by atoms with Crippen molar-refractivity contribution in [3.05, 3.63) is 45.7 Å². The molecule has 108 valence electrons. The second-order valence-corrected chi connectivity index (χ2v) is 7.12. The molecule has 0 spiro atoms. The number of anilines is 1. The fourth-order valence-corrected chi connectivity index (χ4v) is 2.89. The number of halogens is 1. The van der Waals surface area contributed by atoms with Crippen molar-refractivity contribution in [2.75, 3.05) is 5.32 Å². The van der Waals surface area contributed by atoms with Crippen LogP contribution in [-0.2, 0) is 19.0 Å². The molecule has 0 atom stereocenters. The van der Waals surface area contributed by atoms with E-state index < -0.39 is 0 Å². The molecule has 0 saturated carbocycles. The van der Waals surface area contributed by atoms with E-state index in [-0.39, 0.29) is 5.41 Å². The van der Waals surface area contributed by atoms with Crippen molar-refractivity contribution in [1.82, 2.24) is 9.78 Å². The monoisotopic (exact) mass is 335 g/mol. The first-order valence-corrected chi connectivity index (χ1v) is 7.59. The van der Waals surface area contributed by atoms with Crippen molar-refractivity contribution in [3.8, 4) is 0 Å². The molecule has 1 N–H and O–H groups in total. The third kappa shape index (κ3) is 3.42. The molecule has 3 nitrogen and oxygen atoms in total. The smallest absolute Gasteiger partial charge is 0.0727 e. The first-order chi connectivity index (χ1) is 9.27. The average molecular weight is 336 g/mol. The van der Waals surface area contributed by atoms with E-state index in [1.54, 1.807) is 0 Å². The van der Waals surface area contributed by atoms with Crippen molar-refractivity contribution in [1.29, 1.82) is 0 Å². The highest BCUT2D eigenvalue weighted by Crippen LogP contribution is 2.27. The van der Waals surface area contributed by atoms with Gasteiger partial charge in [-0.15, -0.1) is 0 Å². The maximum absolute atomic E-state index is 4.60. The van der Waals surface area contributed by atoms with Crippen LogP contribution < -0.4 is 5.32 Å². The van der Waals surface area contributed by atoms with E-state index in [4.69, 9.17) is 0 Å². The van der Waals surface area contributed by atoms with Crippen LogP contribution in [0, 0.1) is 6.92 Å². The van der Waals surface area contributed by atoms with Gasteiger partial charge in [-0.25, -0.2) is 0 Å². The van der Waals surface area contributed by atoms with Crippen LogP contribution in [0.5, 0.6) is 0 Å². The Hall–Kier alpha value is -1.29. The summed E-state index contributed by atoms with van der Waals surface area (Å²) in [5.74, 6) is 0. The number of hydrogen-bond donors (Lipinski definition) is 1.